The van der Waals surface area contributed by atoms with Gasteiger partial charge in [0.2, 0.25) is 0 Å². The normalized spacial score (nSPS) is 23.6. The van der Waals surface area contributed by atoms with E-state index in [1.165, 1.54) is 25.7 Å². The zero-order chi connectivity index (χ0) is 14.9. The van der Waals surface area contributed by atoms with Crippen molar-refractivity contribution in [3.05, 3.63) is 5.69 Å². The summed E-state index contributed by atoms with van der Waals surface area (Å²) >= 11 is 0. The van der Waals surface area contributed by atoms with E-state index in [0.717, 1.165) is 23.1 Å². The molecule has 1 aromatic rings. The number of nitrogens with zero attached hydrogens (tertiary/aromatic N) is 2. The summed E-state index contributed by atoms with van der Waals surface area (Å²) in [5, 5.41) is 8.30. The molecule has 3 N–H and O–H groups in total. The van der Waals surface area contributed by atoms with Crippen molar-refractivity contribution in [2.24, 2.45) is 11.8 Å². The number of nitrogens with two attached hydrogens (primary N) is 1. The zero-order valence-corrected chi connectivity index (χ0v) is 13.6. The number of aryl methyl sites for hydroxylation is 1. The van der Waals surface area contributed by atoms with E-state index in [4.69, 9.17) is 5.73 Å². The van der Waals surface area contributed by atoms with E-state index < -0.39 is 0 Å². The Kier molecular flexibility index (Phi) is 4.61. The molecule has 0 saturated heterocycles. The topological polar surface area (TPSA) is 55.9 Å². The summed E-state index contributed by atoms with van der Waals surface area (Å²) in [5.41, 5.74) is 7.97. The Hall–Kier alpha value is -1.19. The summed E-state index contributed by atoms with van der Waals surface area (Å²) in [6.45, 7) is 11.0. The Morgan fingerprint density at radius 1 is 1.20 bits per heavy atom. The fourth-order valence-corrected chi connectivity index (χ4v) is 3.39. The summed E-state index contributed by atoms with van der Waals surface area (Å²) < 4.78 is 2.04. The van der Waals surface area contributed by atoms with Crippen LogP contribution in [-0.2, 0) is 0 Å². The SMILES string of the molecule is Cc1nn(C(C)C)c(NC2CCCCC2C(C)C)c1N. The van der Waals surface area contributed by atoms with E-state index in [2.05, 4.69) is 38.1 Å². The van der Waals surface area contributed by atoms with Crippen LogP contribution in [0.2, 0.25) is 0 Å². The quantitative estimate of drug-likeness (QED) is 0.876. The average molecular weight is 278 g/mol. The minimum atomic E-state index is 0.328. The molecule has 0 spiro atoms. The summed E-state index contributed by atoms with van der Waals surface area (Å²) in [4.78, 5) is 0. The first-order valence-electron chi connectivity index (χ1n) is 8.03. The highest BCUT2D eigenvalue weighted by molar-refractivity contribution is 5.65. The van der Waals surface area contributed by atoms with Gasteiger partial charge in [-0.05, 0) is 45.4 Å². The van der Waals surface area contributed by atoms with Crippen molar-refractivity contribution in [1.82, 2.24) is 9.78 Å². The Morgan fingerprint density at radius 3 is 2.45 bits per heavy atom. The third-order valence-electron chi connectivity index (χ3n) is 4.62. The third-order valence-corrected chi connectivity index (χ3v) is 4.62. The summed E-state index contributed by atoms with van der Waals surface area (Å²) in [7, 11) is 0. The van der Waals surface area contributed by atoms with Crippen LogP contribution in [-0.4, -0.2) is 15.8 Å². The minimum absolute atomic E-state index is 0.328. The molecule has 0 aromatic carbocycles. The van der Waals surface area contributed by atoms with Gasteiger partial charge in [0.15, 0.2) is 0 Å². The molecule has 1 heterocycles. The molecular weight excluding hydrogens is 248 g/mol. The molecule has 0 amide bonds. The number of anilines is 2. The lowest BCUT2D eigenvalue weighted by Gasteiger charge is -2.35. The number of rotatable bonds is 4. The Balaban J connectivity index is 2.24. The van der Waals surface area contributed by atoms with Crippen molar-refractivity contribution in [1.29, 1.82) is 0 Å². The molecule has 1 saturated carbocycles. The molecular formula is C16H30N4. The van der Waals surface area contributed by atoms with Gasteiger partial charge in [-0.15, -0.1) is 0 Å². The number of hydrogen-bond donors (Lipinski definition) is 2. The molecule has 4 nitrogen and oxygen atoms in total. The van der Waals surface area contributed by atoms with Crippen molar-refractivity contribution in [2.45, 2.75) is 72.4 Å². The molecule has 0 radical (unpaired) electrons. The largest absolute Gasteiger partial charge is 0.394 e. The maximum Gasteiger partial charge on any atom is 0.148 e. The van der Waals surface area contributed by atoms with Gasteiger partial charge < -0.3 is 11.1 Å². The zero-order valence-electron chi connectivity index (χ0n) is 13.6. The van der Waals surface area contributed by atoms with Crippen LogP contribution in [0.15, 0.2) is 0 Å². The molecule has 1 aliphatic carbocycles. The number of nitrogen functional groups attached to an aromatic ring is 1. The van der Waals surface area contributed by atoms with Gasteiger partial charge in [0.25, 0.3) is 0 Å². The monoisotopic (exact) mass is 278 g/mol. The van der Waals surface area contributed by atoms with Gasteiger partial charge in [0.1, 0.15) is 5.82 Å². The van der Waals surface area contributed by atoms with Crippen LogP contribution in [0.4, 0.5) is 11.5 Å². The second-order valence-electron chi connectivity index (χ2n) is 6.83. The Bertz CT molecular complexity index is 448. The first-order valence-corrected chi connectivity index (χ1v) is 8.03. The van der Waals surface area contributed by atoms with Crippen LogP contribution >= 0.6 is 0 Å². The van der Waals surface area contributed by atoms with E-state index in [1.54, 1.807) is 0 Å². The number of nitrogens with one attached hydrogen (secondary N) is 1. The minimum Gasteiger partial charge on any atom is -0.394 e. The Morgan fingerprint density at radius 2 is 1.85 bits per heavy atom. The molecule has 20 heavy (non-hydrogen) atoms. The second kappa shape index (κ2) is 6.06. The standard InChI is InChI=1S/C16H30N4/c1-10(2)13-8-6-7-9-14(13)18-16-15(17)12(5)19-20(16)11(3)4/h10-11,13-14,18H,6-9,17H2,1-5H3. The molecule has 114 valence electrons. The fraction of sp³-hybridized carbons (Fsp3) is 0.812. The highest BCUT2D eigenvalue weighted by atomic mass is 15.4. The maximum absolute atomic E-state index is 6.23. The van der Waals surface area contributed by atoms with E-state index in [-0.39, 0.29) is 0 Å². The van der Waals surface area contributed by atoms with Gasteiger partial charge >= 0.3 is 0 Å². The summed E-state index contributed by atoms with van der Waals surface area (Å²) in [5.74, 6) is 2.47. The molecule has 0 bridgehead atoms. The Labute approximate surface area is 123 Å². The molecule has 2 unspecified atom stereocenters. The van der Waals surface area contributed by atoms with Crippen molar-refractivity contribution >= 4 is 11.5 Å². The first kappa shape index (κ1) is 15.2. The smallest absolute Gasteiger partial charge is 0.148 e. The molecule has 2 rings (SSSR count). The van der Waals surface area contributed by atoms with Gasteiger partial charge in [0.05, 0.1) is 11.4 Å². The van der Waals surface area contributed by atoms with Crippen molar-refractivity contribution in [3.63, 3.8) is 0 Å². The molecule has 1 aromatic heterocycles. The molecule has 2 atom stereocenters. The number of aromatic nitrogens is 2. The van der Waals surface area contributed by atoms with Crippen LogP contribution in [0, 0.1) is 18.8 Å². The lowest BCUT2D eigenvalue weighted by molar-refractivity contribution is 0.252. The summed E-state index contributed by atoms with van der Waals surface area (Å²) in [6.07, 6.45) is 5.24. The van der Waals surface area contributed by atoms with Crippen molar-refractivity contribution in [2.75, 3.05) is 11.1 Å². The molecule has 0 aliphatic heterocycles. The lowest BCUT2D eigenvalue weighted by atomic mass is 9.78. The second-order valence-corrected chi connectivity index (χ2v) is 6.83. The predicted molar refractivity (Wildman–Crippen MR) is 86.0 cm³/mol. The average Bonchev–Trinajstić information content (AvgIpc) is 2.67. The third kappa shape index (κ3) is 2.94. The van der Waals surface area contributed by atoms with E-state index in [0.29, 0.717) is 18.0 Å². The van der Waals surface area contributed by atoms with Gasteiger partial charge in [-0.25, -0.2) is 4.68 Å². The number of hydrogen-bond acceptors (Lipinski definition) is 3. The van der Waals surface area contributed by atoms with Gasteiger partial charge in [-0.2, -0.15) is 5.10 Å². The van der Waals surface area contributed by atoms with Crippen LogP contribution < -0.4 is 11.1 Å². The predicted octanol–water partition coefficient (Wildman–Crippen LogP) is 3.98. The van der Waals surface area contributed by atoms with Crippen molar-refractivity contribution < 1.29 is 0 Å². The fourth-order valence-electron chi connectivity index (χ4n) is 3.39. The lowest BCUT2D eigenvalue weighted by Crippen LogP contribution is -2.36. The van der Waals surface area contributed by atoms with Crippen LogP contribution in [0.1, 0.15) is 65.1 Å². The van der Waals surface area contributed by atoms with E-state index in [1.807, 2.05) is 11.6 Å². The maximum atomic E-state index is 6.23. The van der Waals surface area contributed by atoms with Crippen LogP contribution in [0.25, 0.3) is 0 Å². The molecule has 1 fully saturated rings. The van der Waals surface area contributed by atoms with Crippen molar-refractivity contribution in [3.8, 4) is 0 Å². The van der Waals surface area contributed by atoms with Gasteiger partial charge in [-0.1, -0.05) is 26.7 Å². The highest BCUT2D eigenvalue weighted by Crippen LogP contribution is 2.34. The van der Waals surface area contributed by atoms with E-state index in [9.17, 15) is 0 Å². The van der Waals surface area contributed by atoms with Gasteiger partial charge in [-0.3, -0.25) is 0 Å². The van der Waals surface area contributed by atoms with Gasteiger partial charge in [0, 0.05) is 12.1 Å². The molecule has 1 aliphatic rings. The van der Waals surface area contributed by atoms with Crippen LogP contribution in [0.5, 0.6) is 0 Å². The highest BCUT2D eigenvalue weighted by Gasteiger charge is 2.29. The first-order chi connectivity index (χ1) is 9.41. The summed E-state index contributed by atoms with van der Waals surface area (Å²) in [6, 6.07) is 0.856. The van der Waals surface area contributed by atoms with Crippen LogP contribution in [0.3, 0.4) is 0 Å². The van der Waals surface area contributed by atoms with E-state index >= 15 is 0 Å². The molecule has 4 heteroatoms.